The van der Waals surface area contributed by atoms with Gasteiger partial charge in [0.25, 0.3) is 5.91 Å². The number of rotatable bonds is 12. The van der Waals surface area contributed by atoms with E-state index in [1.54, 1.807) is 4.90 Å². The second-order valence-electron chi connectivity index (χ2n) is 9.76. The number of amides is 1. The number of ether oxygens (including phenoxy) is 1. The molecule has 0 radical (unpaired) electrons. The van der Waals surface area contributed by atoms with Crippen molar-refractivity contribution in [3.05, 3.63) is 107 Å². The predicted octanol–water partition coefficient (Wildman–Crippen LogP) is 8.29. The van der Waals surface area contributed by atoms with Crippen LogP contribution in [0.1, 0.15) is 50.2 Å². The van der Waals surface area contributed by atoms with Gasteiger partial charge in [-0.1, -0.05) is 117 Å². The number of aromatic nitrogens is 2. The summed E-state index contributed by atoms with van der Waals surface area (Å²) in [5, 5.41) is 4.94. The average Bonchev–Trinajstić information content (AvgIpc) is 3.53. The highest BCUT2D eigenvalue weighted by Gasteiger charge is 2.32. The van der Waals surface area contributed by atoms with Crippen molar-refractivity contribution >= 4 is 40.3 Å². The number of hydrogen-bond donors (Lipinski definition) is 0. The highest BCUT2D eigenvalue weighted by Crippen LogP contribution is 2.35. The zero-order valence-corrected chi connectivity index (χ0v) is 24.3. The molecule has 2 heterocycles. The molecule has 1 saturated heterocycles. The van der Waals surface area contributed by atoms with Gasteiger partial charge in [-0.2, -0.15) is 5.10 Å². The molecule has 7 heteroatoms. The van der Waals surface area contributed by atoms with E-state index in [2.05, 4.69) is 6.92 Å². The zero-order valence-electron chi connectivity index (χ0n) is 22.7. The maximum Gasteiger partial charge on any atom is 0.266 e. The molecule has 0 aliphatic carbocycles. The van der Waals surface area contributed by atoms with Gasteiger partial charge in [-0.15, -0.1) is 0 Å². The summed E-state index contributed by atoms with van der Waals surface area (Å²) in [6.45, 7) is 3.36. The van der Waals surface area contributed by atoms with Crippen molar-refractivity contribution in [2.45, 2.75) is 45.6 Å². The van der Waals surface area contributed by atoms with Crippen LogP contribution in [0.15, 0.2) is 96.0 Å². The van der Waals surface area contributed by atoms with Crippen LogP contribution >= 0.6 is 24.0 Å². The third-order valence-electron chi connectivity index (χ3n) is 6.76. The van der Waals surface area contributed by atoms with Gasteiger partial charge in [0.2, 0.25) is 0 Å². The molecule has 1 amide bonds. The largest absolute Gasteiger partial charge is 0.489 e. The molecule has 204 valence electrons. The minimum absolute atomic E-state index is 0.0242. The van der Waals surface area contributed by atoms with E-state index >= 15 is 0 Å². The van der Waals surface area contributed by atoms with Crippen molar-refractivity contribution < 1.29 is 9.53 Å². The van der Waals surface area contributed by atoms with E-state index in [1.165, 1.54) is 31.0 Å². The summed E-state index contributed by atoms with van der Waals surface area (Å²) in [4.78, 5) is 15.7. The molecule has 40 heavy (non-hydrogen) atoms. The maximum atomic E-state index is 13.3. The topological polar surface area (TPSA) is 47.4 Å². The summed E-state index contributed by atoms with van der Waals surface area (Å²) in [6.07, 6.45) is 9.59. The summed E-state index contributed by atoms with van der Waals surface area (Å²) >= 11 is 6.97. The summed E-state index contributed by atoms with van der Waals surface area (Å²) < 4.78 is 8.57. The highest BCUT2D eigenvalue weighted by atomic mass is 32.2. The lowest BCUT2D eigenvalue weighted by molar-refractivity contribution is -0.122. The van der Waals surface area contributed by atoms with E-state index in [4.69, 9.17) is 22.1 Å². The fraction of sp³-hybridized carbons (Fsp3) is 0.242. The number of para-hydroxylation sites is 1. The van der Waals surface area contributed by atoms with Crippen molar-refractivity contribution in [2.75, 3.05) is 6.54 Å². The molecule has 4 aromatic rings. The lowest BCUT2D eigenvalue weighted by Gasteiger charge is -2.13. The van der Waals surface area contributed by atoms with Gasteiger partial charge in [-0.25, -0.2) is 4.68 Å². The molecular formula is C33H33N3O2S2. The first kappa shape index (κ1) is 27.9. The first-order valence-electron chi connectivity index (χ1n) is 13.8. The molecule has 0 unspecified atom stereocenters. The average molecular weight is 568 g/mol. The molecule has 1 aromatic heterocycles. The Hall–Kier alpha value is -3.68. The number of thiocarbonyl (C=S) groups is 1. The van der Waals surface area contributed by atoms with Crippen LogP contribution in [-0.4, -0.2) is 31.5 Å². The van der Waals surface area contributed by atoms with Crippen LogP contribution in [0, 0.1) is 0 Å². The Kier molecular flexibility index (Phi) is 9.47. The molecular weight excluding hydrogens is 535 g/mol. The Morgan fingerprint density at radius 2 is 1.68 bits per heavy atom. The second-order valence-corrected chi connectivity index (χ2v) is 11.4. The summed E-state index contributed by atoms with van der Waals surface area (Å²) in [7, 11) is 0. The SMILES string of the molecule is CCCCCCCN1C(=O)C(=Cc2cn(-c3ccccc3)nc2-c2cccc(OCc3ccccc3)c2)SC1=S. The normalized spacial score (nSPS) is 14.3. The van der Waals surface area contributed by atoms with Crippen LogP contribution in [-0.2, 0) is 11.4 Å². The van der Waals surface area contributed by atoms with Gasteiger partial charge in [0.1, 0.15) is 22.4 Å². The van der Waals surface area contributed by atoms with Crippen molar-refractivity contribution in [2.24, 2.45) is 0 Å². The molecule has 0 atom stereocenters. The minimum Gasteiger partial charge on any atom is -0.489 e. The fourth-order valence-electron chi connectivity index (χ4n) is 4.61. The van der Waals surface area contributed by atoms with Crippen LogP contribution < -0.4 is 4.74 Å². The molecule has 3 aromatic carbocycles. The van der Waals surface area contributed by atoms with Crippen LogP contribution in [0.25, 0.3) is 23.0 Å². The van der Waals surface area contributed by atoms with Crippen molar-refractivity contribution in [1.29, 1.82) is 0 Å². The Bertz CT molecular complexity index is 1480. The smallest absolute Gasteiger partial charge is 0.266 e. The first-order chi connectivity index (χ1) is 19.6. The van der Waals surface area contributed by atoms with E-state index < -0.39 is 0 Å². The van der Waals surface area contributed by atoms with E-state index in [-0.39, 0.29) is 5.91 Å². The molecule has 0 N–H and O–H groups in total. The molecule has 1 fully saturated rings. The number of unbranched alkanes of at least 4 members (excludes halogenated alkanes) is 4. The first-order valence-corrected chi connectivity index (χ1v) is 15.0. The molecule has 0 saturated carbocycles. The molecule has 5 nitrogen and oxygen atoms in total. The van der Waals surface area contributed by atoms with Crippen LogP contribution in [0.5, 0.6) is 5.75 Å². The number of benzene rings is 3. The predicted molar refractivity (Wildman–Crippen MR) is 168 cm³/mol. The van der Waals surface area contributed by atoms with Gasteiger partial charge in [-0.05, 0) is 42.3 Å². The maximum absolute atomic E-state index is 13.3. The van der Waals surface area contributed by atoms with Gasteiger partial charge < -0.3 is 4.74 Å². The van der Waals surface area contributed by atoms with E-state index in [0.717, 1.165) is 46.7 Å². The second kappa shape index (κ2) is 13.6. The number of nitrogens with zero attached hydrogens (tertiary/aromatic N) is 3. The number of hydrogen-bond acceptors (Lipinski definition) is 5. The number of carbonyl (C=O) groups is 1. The molecule has 1 aliphatic heterocycles. The lowest BCUT2D eigenvalue weighted by atomic mass is 10.1. The van der Waals surface area contributed by atoms with E-state index in [0.29, 0.717) is 22.4 Å². The Morgan fingerprint density at radius 3 is 2.45 bits per heavy atom. The van der Waals surface area contributed by atoms with Crippen molar-refractivity contribution in [3.63, 3.8) is 0 Å². The van der Waals surface area contributed by atoms with Crippen molar-refractivity contribution in [1.82, 2.24) is 14.7 Å². The van der Waals surface area contributed by atoms with Gasteiger partial charge in [0.05, 0.1) is 10.6 Å². The summed E-state index contributed by atoms with van der Waals surface area (Å²) in [6, 6.07) is 28.0. The van der Waals surface area contributed by atoms with Gasteiger partial charge >= 0.3 is 0 Å². The Labute approximate surface area is 245 Å². The lowest BCUT2D eigenvalue weighted by Crippen LogP contribution is -2.29. The summed E-state index contributed by atoms with van der Waals surface area (Å²) in [5.74, 6) is 0.736. The van der Waals surface area contributed by atoms with Crippen LogP contribution in [0.3, 0.4) is 0 Å². The zero-order chi connectivity index (χ0) is 27.7. The third-order valence-corrected chi connectivity index (χ3v) is 8.14. The monoisotopic (exact) mass is 567 g/mol. The van der Waals surface area contributed by atoms with E-state index in [1.807, 2.05) is 102 Å². The van der Waals surface area contributed by atoms with Crippen LogP contribution in [0.4, 0.5) is 0 Å². The summed E-state index contributed by atoms with van der Waals surface area (Å²) in [5.41, 5.74) is 4.60. The van der Waals surface area contributed by atoms with Crippen molar-refractivity contribution in [3.8, 4) is 22.7 Å². The quantitative estimate of drug-likeness (QED) is 0.0979. The Balaban J connectivity index is 1.42. The molecule has 0 spiro atoms. The standard InChI is InChI=1S/C33H33N3O2S2/c1-2-3-4-5-12-20-35-32(37)30(40-33(35)39)22-27-23-36(28-17-10-7-11-18-28)34-31(27)26-16-13-19-29(21-26)38-24-25-14-8-6-9-15-25/h6-11,13-19,21-23H,2-5,12,20,24H2,1H3. The van der Waals surface area contributed by atoms with Gasteiger partial charge in [0, 0.05) is 23.9 Å². The Morgan fingerprint density at radius 1 is 0.925 bits per heavy atom. The minimum atomic E-state index is -0.0242. The van der Waals surface area contributed by atoms with E-state index in [9.17, 15) is 4.79 Å². The van der Waals surface area contributed by atoms with Gasteiger partial charge in [0.15, 0.2) is 0 Å². The van der Waals surface area contributed by atoms with Crippen LogP contribution in [0.2, 0.25) is 0 Å². The van der Waals surface area contributed by atoms with Gasteiger partial charge in [-0.3, -0.25) is 9.69 Å². The number of thioether (sulfide) groups is 1. The molecule has 1 aliphatic rings. The third kappa shape index (κ3) is 6.90. The highest BCUT2D eigenvalue weighted by molar-refractivity contribution is 8.26. The molecule has 5 rings (SSSR count). The molecule has 0 bridgehead atoms. The fourth-order valence-corrected chi connectivity index (χ4v) is 5.91. The number of carbonyl (C=O) groups excluding carboxylic acids is 1.